The van der Waals surface area contributed by atoms with Crippen LogP contribution in [0.2, 0.25) is 0 Å². The maximum absolute atomic E-state index is 12.1. The van der Waals surface area contributed by atoms with E-state index in [1.165, 1.54) is 13.2 Å². The fourth-order valence-corrected chi connectivity index (χ4v) is 2.40. The van der Waals surface area contributed by atoms with Gasteiger partial charge in [-0.15, -0.1) is 0 Å². The minimum Gasteiger partial charge on any atom is -0.477 e. The average molecular weight is 370 g/mol. The van der Waals surface area contributed by atoms with Crippen LogP contribution in [0.3, 0.4) is 0 Å². The van der Waals surface area contributed by atoms with Gasteiger partial charge in [0.25, 0.3) is 5.91 Å². The maximum Gasteiger partial charge on any atom is 0.354 e. The van der Waals surface area contributed by atoms with Crippen molar-refractivity contribution < 1.29 is 14.7 Å². The molecule has 0 aromatic carbocycles. The first-order chi connectivity index (χ1) is 10.3. The number of aromatic carboxylic acids is 1. The molecule has 0 spiro atoms. The number of nitrogens with one attached hydrogen (secondary N) is 1. The van der Waals surface area contributed by atoms with E-state index in [1.807, 2.05) is 13.8 Å². The molecule has 2 heterocycles. The van der Waals surface area contributed by atoms with Crippen molar-refractivity contribution in [3.05, 3.63) is 33.3 Å². The van der Waals surface area contributed by atoms with E-state index in [9.17, 15) is 9.59 Å². The number of carboxylic acid groups (broad SMARTS) is 1. The van der Waals surface area contributed by atoms with Crippen LogP contribution in [0.5, 0.6) is 0 Å². The third-order valence-electron chi connectivity index (χ3n) is 3.29. The zero-order valence-electron chi connectivity index (χ0n) is 12.4. The van der Waals surface area contributed by atoms with Crippen molar-refractivity contribution in [1.82, 2.24) is 24.9 Å². The van der Waals surface area contributed by atoms with E-state index in [0.29, 0.717) is 13.1 Å². The molecule has 2 N–H and O–H groups in total. The summed E-state index contributed by atoms with van der Waals surface area (Å²) in [7, 11) is 1.48. The summed E-state index contributed by atoms with van der Waals surface area (Å²) < 4.78 is 3.88. The predicted octanol–water partition coefficient (Wildman–Crippen LogP) is 1.12. The molecule has 0 saturated carbocycles. The molecule has 1 amide bonds. The van der Waals surface area contributed by atoms with Gasteiger partial charge in [0.2, 0.25) is 0 Å². The molecule has 0 fully saturated rings. The van der Waals surface area contributed by atoms with Gasteiger partial charge in [0.1, 0.15) is 0 Å². The lowest BCUT2D eigenvalue weighted by atomic mass is 10.2. The van der Waals surface area contributed by atoms with Crippen LogP contribution < -0.4 is 5.32 Å². The molecule has 118 valence electrons. The summed E-state index contributed by atoms with van der Waals surface area (Å²) in [5.74, 6) is -1.65. The number of halogens is 1. The Morgan fingerprint density at radius 2 is 2.09 bits per heavy atom. The molecule has 0 radical (unpaired) electrons. The number of carbonyl (C=O) groups is 2. The van der Waals surface area contributed by atoms with E-state index in [-0.39, 0.29) is 11.3 Å². The lowest BCUT2D eigenvalue weighted by Gasteiger charge is -2.07. The van der Waals surface area contributed by atoms with Crippen LogP contribution in [0.25, 0.3) is 0 Å². The Kier molecular flexibility index (Phi) is 4.65. The summed E-state index contributed by atoms with van der Waals surface area (Å²) in [6.45, 7) is 4.64. The molecule has 2 aromatic rings. The van der Waals surface area contributed by atoms with Crippen molar-refractivity contribution in [3.8, 4) is 0 Å². The smallest absolute Gasteiger partial charge is 0.354 e. The Morgan fingerprint density at radius 1 is 1.41 bits per heavy atom. The normalized spacial score (nSPS) is 10.7. The molecule has 0 unspecified atom stereocenters. The van der Waals surface area contributed by atoms with Crippen LogP contribution in [0.15, 0.2) is 10.7 Å². The summed E-state index contributed by atoms with van der Waals surface area (Å²) in [6.07, 6.45) is 1.25. The molecule has 0 saturated heterocycles. The molecule has 9 heteroatoms. The van der Waals surface area contributed by atoms with Gasteiger partial charge in [-0.05, 0) is 29.8 Å². The molecule has 0 aliphatic carbocycles. The molecule has 2 aromatic heterocycles. The second-order valence-electron chi connectivity index (χ2n) is 4.80. The summed E-state index contributed by atoms with van der Waals surface area (Å²) >= 11 is 3.44. The van der Waals surface area contributed by atoms with E-state index in [4.69, 9.17) is 5.11 Å². The standard InChI is InChI=1S/C13H16BrN5O3/c1-7-10(14)8(2)19(17-7)5-4-15-12(20)9-6-16-18(3)11(9)13(21)22/h6H,4-5H2,1-3H3,(H,15,20)(H,21,22). The third-order valence-corrected chi connectivity index (χ3v) is 4.44. The van der Waals surface area contributed by atoms with Crippen LogP contribution in [0.4, 0.5) is 0 Å². The Morgan fingerprint density at radius 3 is 2.64 bits per heavy atom. The van der Waals surface area contributed by atoms with Crippen LogP contribution in [-0.2, 0) is 13.6 Å². The van der Waals surface area contributed by atoms with Crippen LogP contribution >= 0.6 is 15.9 Å². The SMILES string of the molecule is Cc1nn(CCNC(=O)c2cnn(C)c2C(=O)O)c(C)c1Br. The Hall–Kier alpha value is -2.16. The van der Waals surface area contributed by atoms with E-state index < -0.39 is 11.9 Å². The van der Waals surface area contributed by atoms with E-state index in [0.717, 1.165) is 20.5 Å². The fraction of sp³-hybridized carbons (Fsp3) is 0.385. The molecule has 22 heavy (non-hydrogen) atoms. The highest BCUT2D eigenvalue weighted by Gasteiger charge is 2.21. The minimum absolute atomic E-state index is 0.0459. The van der Waals surface area contributed by atoms with E-state index >= 15 is 0 Å². The maximum atomic E-state index is 12.1. The third kappa shape index (κ3) is 3.03. The zero-order valence-corrected chi connectivity index (χ0v) is 14.0. The Bertz CT molecular complexity index is 734. The van der Waals surface area contributed by atoms with Gasteiger partial charge in [-0.1, -0.05) is 0 Å². The number of aromatic nitrogens is 4. The predicted molar refractivity (Wildman–Crippen MR) is 81.9 cm³/mol. The number of hydrogen-bond donors (Lipinski definition) is 2. The molecule has 0 atom stereocenters. The van der Waals surface area contributed by atoms with Gasteiger partial charge in [0.05, 0.1) is 28.5 Å². The summed E-state index contributed by atoms with van der Waals surface area (Å²) in [4.78, 5) is 23.2. The van der Waals surface area contributed by atoms with Gasteiger partial charge in [0.15, 0.2) is 5.69 Å². The highest BCUT2D eigenvalue weighted by Crippen LogP contribution is 2.19. The molecular weight excluding hydrogens is 354 g/mol. The summed E-state index contributed by atoms with van der Waals surface area (Å²) in [5.41, 5.74) is 1.76. The summed E-state index contributed by atoms with van der Waals surface area (Å²) in [6, 6.07) is 0. The van der Waals surface area contributed by atoms with Gasteiger partial charge in [-0.2, -0.15) is 10.2 Å². The number of nitrogens with zero attached hydrogens (tertiary/aromatic N) is 4. The van der Waals surface area contributed by atoms with Gasteiger partial charge in [0, 0.05) is 19.3 Å². The van der Waals surface area contributed by atoms with Gasteiger partial charge in [-0.25, -0.2) is 4.79 Å². The molecular formula is C13H16BrN5O3. The van der Waals surface area contributed by atoms with Crippen molar-refractivity contribution in [3.63, 3.8) is 0 Å². The molecule has 0 aliphatic rings. The molecule has 0 aliphatic heterocycles. The number of carboxylic acids is 1. The highest BCUT2D eigenvalue weighted by atomic mass is 79.9. The second-order valence-corrected chi connectivity index (χ2v) is 5.59. The first-order valence-electron chi connectivity index (χ1n) is 6.56. The van der Waals surface area contributed by atoms with Crippen molar-refractivity contribution >= 4 is 27.8 Å². The molecule has 8 nitrogen and oxygen atoms in total. The van der Waals surface area contributed by atoms with Gasteiger partial charge >= 0.3 is 5.97 Å². The van der Waals surface area contributed by atoms with Crippen molar-refractivity contribution in [2.24, 2.45) is 7.05 Å². The van der Waals surface area contributed by atoms with Gasteiger partial charge in [-0.3, -0.25) is 14.2 Å². The first-order valence-corrected chi connectivity index (χ1v) is 7.35. The zero-order chi connectivity index (χ0) is 16.4. The number of amides is 1. The Balaban J connectivity index is 2.02. The molecule has 0 bridgehead atoms. The number of aryl methyl sites for hydroxylation is 2. The first kappa shape index (κ1) is 16.2. The number of rotatable bonds is 5. The van der Waals surface area contributed by atoms with Crippen molar-refractivity contribution in [2.75, 3.05) is 6.54 Å². The van der Waals surface area contributed by atoms with Crippen molar-refractivity contribution in [1.29, 1.82) is 0 Å². The minimum atomic E-state index is -1.19. The average Bonchev–Trinajstić information content (AvgIpc) is 2.95. The van der Waals surface area contributed by atoms with Crippen LogP contribution in [-0.4, -0.2) is 43.1 Å². The van der Waals surface area contributed by atoms with Crippen LogP contribution in [0, 0.1) is 13.8 Å². The van der Waals surface area contributed by atoms with Gasteiger partial charge < -0.3 is 10.4 Å². The fourth-order valence-electron chi connectivity index (χ4n) is 2.12. The number of carbonyl (C=O) groups excluding carboxylic acids is 1. The Labute approximate surface area is 135 Å². The topological polar surface area (TPSA) is 102 Å². The van der Waals surface area contributed by atoms with E-state index in [2.05, 4.69) is 31.4 Å². The lowest BCUT2D eigenvalue weighted by Crippen LogP contribution is -2.29. The highest BCUT2D eigenvalue weighted by molar-refractivity contribution is 9.10. The number of hydrogen-bond acceptors (Lipinski definition) is 4. The van der Waals surface area contributed by atoms with Crippen molar-refractivity contribution in [2.45, 2.75) is 20.4 Å². The van der Waals surface area contributed by atoms with E-state index in [1.54, 1.807) is 4.68 Å². The lowest BCUT2D eigenvalue weighted by molar-refractivity contribution is 0.0679. The van der Waals surface area contributed by atoms with Crippen LogP contribution in [0.1, 0.15) is 32.2 Å². The molecule has 2 rings (SSSR count). The monoisotopic (exact) mass is 369 g/mol. The summed E-state index contributed by atoms with van der Waals surface area (Å²) in [5, 5.41) is 19.9. The second kappa shape index (κ2) is 6.30. The largest absolute Gasteiger partial charge is 0.477 e. The quantitative estimate of drug-likeness (QED) is 0.822.